The molecule has 0 saturated carbocycles. The van der Waals surface area contributed by atoms with E-state index >= 15 is 0 Å². The van der Waals surface area contributed by atoms with Crippen LogP contribution in [-0.4, -0.2) is 22.2 Å². The summed E-state index contributed by atoms with van der Waals surface area (Å²) in [5, 5.41) is 18.0. The molecular weight excluding hydrogens is 287 g/mol. The average molecular weight is 295 g/mol. The molecule has 2 rings (SSSR count). The zero-order valence-corrected chi connectivity index (χ0v) is 10.7. The Hall–Kier alpha value is -2.40. The first kappa shape index (κ1) is 14.0. The van der Waals surface area contributed by atoms with Crippen molar-refractivity contribution in [2.75, 3.05) is 0 Å². The fourth-order valence-electron chi connectivity index (χ4n) is 1.76. The van der Waals surface area contributed by atoms with Crippen LogP contribution in [0, 0.1) is 5.82 Å². The van der Waals surface area contributed by atoms with Crippen LogP contribution >= 0.6 is 11.6 Å². The number of aromatic carboxylic acids is 2. The number of benzene rings is 2. The van der Waals surface area contributed by atoms with Crippen molar-refractivity contribution < 1.29 is 24.2 Å². The van der Waals surface area contributed by atoms with E-state index < -0.39 is 17.8 Å². The lowest BCUT2D eigenvalue weighted by atomic mass is 10.0. The highest BCUT2D eigenvalue weighted by atomic mass is 35.5. The van der Waals surface area contributed by atoms with E-state index in [2.05, 4.69) is 0 Å². The molecule has 0 radical (unpaired) electrons. The Labute approximate surface area is 118 Å². The van der Waals surface area contributed by atoms with Crippen molar-refractivity contribution in [2.45, 2.75) is 0 Å². The molecule has 0 atom stereocenters. The molecule has 0 unspecified atom stereocenters. The maximum absolute atomic E-state index is 13.4. The number of carboxylic acid groups (broad SMARTS) is 2. The van der Waals surface area contributed by atoms with Crippen LogP contribution in [0.5, 0.6) is 0 Å². The van der Waals surface area contributed by atoms with Gasteiger partial charge < -0.3 is 10.2 Å². The minimum Gasteiger partial charge on any atom is -0.478 e. The third kappa shape index (κ3) is 2.95. The Balaban J connectivity index is 2.62. The second-order valence-corrected chi connectivity index (χ2v) is 4.50. The second kappa shape index (κ2) is 5.30. The number of hydrogen-bond acceptors (Lipinski definition) is 2. The third-order valence-corrected chi connectivity index (χ3v) is 2.84. The summed E-state index contributed by atoms with van der Waals surface area (Å²) in [6, 6.07) is 7.24. The number of halogens is 2. The van der Waals surface area contributed by atoms with Gasteiger partial charge in [0.1, 0.15) is 5.82 Å². The van der Waals surface area contributed by atoms with Crippen LogP contribution in [0.3, 0.4) is 0 Å². The summed E-state index contributed by atoms with van der Waals surface area (Å²) in [4.78, 5) is 21.8. The first-order valence-corrected chi connectivity index (χ1v) is 5.83. The van der Waals surface area contributed by atoms with Gasteiger partial charge in [-0.3, -0.25) is 0 Å². The molecule has 0 heterocycles. The first-order chi connectivity index (χ1) is 9.36. The molecule has 2 aromatic rings. The normalized spacial score (nSPS) is 10.3. The maximum atomic E-state index is 13.4. The summed E-state index contributed by atoms with van der Waals surface area (Å²) in [5.41, 5.74) is 0.287. The molecule has 0 fully saturated rings. The van der Waals surface area contributed by atoms with Crippen molar-refractivity contribution in [3.05, 3.63) is 58.4 Å². The van der Waals surface area contributed by atoms with E-state index in [1.165, 1.54) is 24.3 Å². The Kier molecular flexibility index (Phi) is 3.72. The monoisotopic (exact) mass is 294 g/mol. The minimum absolute atomic E-state index is 0.0614. The summed E-state index contributed by atoms with van der Waals surface area (Å²) in [6.45, 7) is 0. The molecule has 0 amide bonds. The first-order valence-electron chi connectivity index (χ1n) is 5.45. The summed E-state index contributed by atoms with van der Waals surface area (Å²) in [6.07, 6.45) is 0. The highest BCUT2D eigenvalue weighted by Gasteiger charge is 2.11. The van der Waals surface area contributed by atoms with Gasteiger partial charge in [-0.25, -0.2) is 14.0 Å². The zero-order valence-electron chi connectivity index (χ0n) is 9.93. The summed E-state index contributed by atoms with van der Waals surface area (Å²) < 4.78 is 13.4. The summed E-state index contributed by atoms with van der Waals surface area (Å²) >= 11 is 5.81. The van der Waals surface area contributed by atoms with Crippen LogP contribution in [0.4, 0.5) is 4.39 Å². The zero-order chi connectivity index (χ0) is 14.9. The van der Waals surface area contributed by atoms with Gasteiger partial charge in [0.2, 0.25) is 0 Å². The lowest BCUT2D eigenvalue weighted by molar-refractivity contribution is 0.0685. The molecule has 4 nitrogen and oxygen atoms in total. The standard InChI is InChI=1S/C14H8ClFO4/c15-11-3-7(1-9(4-11)13(17)18)8-2-10(14(19)20)6-12(16)5-8/h1-6H,(H,17,18)(H,19,20). The molecule has 0 aliphatic carbocycles. The lowest BCUT2D eigenvalue weighted by Crippen LogP contribution is -1.99. The van der Waals surface area contributed by atoms with Crippen LogP contribution < -0.4 is 0 Å². The molecular formula is C14H8ClFO4. The Bertz CT molecular complexity index is 651. The predicted molar refractivity (Wildman–Crippen MR) is 70.8 cm³/mol. The van der Waals surface area contributed by atoms with Gasteiger partial charge in [0.15, 0.2) is 0 Å². The van der Waals surface area contributed by atoms with Crippen LogP contribution in [0.25, 0.3) is 11.1 Å². The molecule has 0 aliphatic heterocycles. The second-order valence-electron chi connectivity index (χ2n) is 4.07. The van der Waals surface area contributed by atoms with E-state index in [1.807, 2.05) is 0 Å². The Morgan fingerprint density at radius 1 is 0.850 bits per heavy atom. The number of hydrogen-bond donors (Lipinski definition) is 2. The van der Waals surface area contributed by atoms with Gasteiger partial charge in [0, 0.05) is 5.02 Å². The largest absolute Gasteiger partial charge is 0.478 e. The number of carbonyl (C=O) groups is 2. The van der Waals surface area contributed by atoms with Gasteiger partial charge >= 0.3 is 11.9 Å². The van der Waals surface area contributed by atoms with Crippen molar-refractivity contribution in [2.24, 2.45) is 0 Å². The van der Waals surface area contributed by atoms with E-state index in [4.69, 9.17) is 21.8 Å². The molecule has 102 valence electrons. The predicted octanol–water partition coefficient (Wildman–Crippen LogP) is 3.54. The maximum Gasteiger partial charge on any atom is 0.335 e. The number of carboxylic acids is 2. The fraction of sp³-hybridized carbons (Fsp3) is 0. The molecule has 20 heavy (non-hydrogen) atoms. The van der Waals surface area contributed by atoms with E-state index in [1.54, 1.807) is 0 Å². The third-order valence-electron chi connectivity index (χ3n) is 2.62. The summed E-state index contributed by atoms with van der Waals surface area (Å²) in [7, 11) is 0. The fourth-order valence-corrected chi connectivity index (χ4v) is 1.99. The van der Waals surface area contributed by atoms with Gasteiger partial charge in [0.05, 0.1) is 11.1 Å². The van der Waals surface area contributed by atoms with Crippen molar-refractivity contribution in [3.8, 4) is 11.1 Å². The van der Waals surface area contributed by atoms with Crippen molar-refractivity contribution in [3.63, 3.8) is 0 Å². The minimum atomic E-state index is -1.27. The van der Waals surface area contributed by atoms with E-state index in [0.717, 1.165) is 12.1 Å². The molecule has 0 aromatic heterocycles. The van der Waals surface area contributed by atoms with E-state index in [0.29, 0.717) is 5.56 Å². The molecule has 6 heteroatoms. The average Bonchev–Trinajstić information content (AvgIpc) is 2.37. The lowest BCUT2D eigenvalue weighted by Gasteiger charge is -2.06. The quantitative estimate of drug-likeness (QED) is 0.908. The van der Waals surface area contributed by atoms with Gasteiger partial charge in [-0.1, -0.05) is 11.6 Å². The summed E-state index contributed by atoms with van der Waals surface area (Å²) in [5.74, 6) is -3.17. The van der Waals surface area contributed by atoms with E-state index in [9.17, 15) is 14.0 Å². The van der Waals surface area contributed by atoms with Gasteiger partial charge in [-0.05, 0) is 47.5 Å². The SMILES string of the molecule is O=C(O)c1cc(F)cc(-c2cc(Cl)cc(C(=O)O)c2)c1. The Morgan fingerprint density at radius 3 is 1.90 bits per heavy atom. The van der Waals surface area contributed by atoms with Crippen molar-refractivity contribution in [1.29, 1.82) is 0 Å². The van der Waals surface area contributed by atoms with Crippen LogP contribution in [0.15, 0.2) is 36.4 Å². The molecule has 0 saturated heterocycles. The van der Waals surface area contributed by atoms with Gasteiger partial charge in [-0.15, -0.1) is 0 Å². The van der Waals surface area contributed by atoms with E-state index in [-0.39, 0.29) is 21.7 Å². The Morgan fingerprint density at radius 2 is 1.35 bits per heavy atom. The molecule has 0 spiro atoms. The molecule has 0 bridgehead atoms. The van der Waals surface area contributed by atoms with Crippen LogP contribution in [0.2, 0.25) is 5.02 Å². The highest BCUT2D eigenvalue weighted by molar-refractivity contribution is 6.31. The molecule has 0 aliphatic rings. The number of rotatable bonds is 3. The van der Waals surface area contributed by atoms with Gasteiger partial charge in [-0.2, -0.15) is 0 Å². The van der Waals surface area contributed by atoms with Crippen LogP contribution in [0.1, 0.15) is 20.7 Å². The van der Waals surface area contributed by atoms with Gasteiger partial charge in [0.25, 0.3) is 0 Å². The van der Waals surface area contributed by atoms with Crippen molar-refractivity contribution in [1.82, 2.24) is 0 Å². The topological polar surface area (TPSA) is 74.6 Å². The molecule has 2 aromatic carbocycles. The van der Waals surface area contributed by atoms with Crippen molar-refractivity contribution >= 4 is 23.5 Å². The molecule has 2 N–H and O–H groups in total. The highest BCUT2D eigenvalue weighted by Crippen LogP contribution is 2.26. The smallest absolute Gasteiger partial charge is 0.335 e. The van der Waals surface area contributed by atoms with Crippen LogP contribution in [-0.2, 0) is 0 Å².